The van der Waals surface area contributed by atoms with E-state index in [2.05, 4.69) is 20.3 Å². The van der Waals surface area contributed by atoms with Crippen LogP contribution in [0.4, 0.5) is 14.6 Å². The molecule has 202 valence electrons. The van der Waals surface area contributed by atoms with Crippen LogP contribution in [0, 0.1) is 20.8 Å². The molecule has 39 heavy (non-hydrogen) atoms. The number of alkyl halides is 2. The van der Waals surface area contributed by atoms with E-state index in [1.54, 1.807) is 56.3 Å². The Bertz CT molecular complexity index is 1500. The molecule has 11 nitrogen and oxygen atoms in total. The maximum Gasteiger partial charge on any atom is 0.351 e. The van der Waals surface area contributed by atoms with Crippen LogP contribution in [0.25, 0.3) is 10.4 Å². The molecule has 2 aromatic carbocycles. The van der Waals surface area contributed by atoms with E-state index >= 15 is 8.78 Å². The molecule has 0 radical (unpaired) electrons. The Morgan fingerprint density at radius 1 is 1.18 bits per heavy atom. The van der Waals surface area contributed by atoms with Crippen LogP contribution < -0.4 is 11.0 Å². The minimum atomic E-state index is -3.92. The minimum Gasteiger partial charge on any atom is -0.449 e. The second-order valence-electron chi connectivity index (χ2n) is 9.04. The monoisotopic (exact) mass is 538 g/mol. The molecule has 1 aromatic heterocycles. The number of hydrogen-bond donors (Lipinski definition) is 1. The van der Waals surface area contributed by atoms with Crippen LogP contribution in [0.5, 0.6) is 0 Å². The molecular formula is C26H24F2N6O5. The highest BCUT2D eigenvalue weighted by molar-refractivity contribution is 6.03. The lowest BCUT2D eigenvalue weighted by molar-refractivity contribution is -0.142. The van der Waals surface area contributed by atoms with E-state index < -0.39 is 48.5 Å². The lowest BCUT2D eigenvalue weighted by atomic mass is 10.00. The standard InChI is InChI=1S/C26H24F2N6O5/c1-14-11-15(2)20(16(3)12-14)23(36)39-21-18(13-30-33-29)38-24(26(21,27)28)34-10-9-19(32-25(34)37)31-22(35)17-7-5-4-6-8-17/h4-12,18,21,24H,13H2,1-3H3,(H,31,32,35,37)/t18-,21-,24+/m1/s1. The van der Waals surface area contributed by atoms with Gasteiger partial charge in [-0.05, 0) is 55.6 Å². The average molecular weight is 539 g/mol. The predicted octanol–water partition coefficient (Wildman–Crippen LogP) is 4.49. The van der Waals surface area contributed by atoms with Crippen molar-refractivity contribution in [2.75, 3.05) is 11.9 Å². The third-order valence-corrected chi connectivity index (χ3v) is 6.15. The molecule has 0 aliphatic carbocycles. The zero-order valence-electron chi connectivity index (χ0n) is 21.2. The van der Waals surface area contributed by atoms with Gasteiger partial charge in [-0.15, -0.1) is 0 Å². The van der Waals surface area contributed by atoms with Gasteiger partial charge in [-0.25, -0.2) is 9.59 Å². The predicted molar refractivity (Wildman–Crippen MR) is 136 cm³/mol. The Hall–Kier alpha value is -4.61. The number of carbonyl (C=O) groups excluding carboxylic acids is 2. The van der Waals surface area contributed by atoms with Gasteiger partial charge in [0.05, 0.1) is 12.1 Å². The Morgan fingerprint density at radius 2 is 1.85 bits per heavy atom. The summed E-state index contributed by atoms with van der Waals surface area (Å²) < 4.78 is 42.6. The summed E-state index contributed by atoms with van der Waals surface area (Å²) in [6.45, 7) is 4.56. The molecule has 1 aliphatic heterocycles. The van der Waals surface area contributed by atoms with E-state index in [0.717, 1.165) is 17.8 Å². The van der Waals surface area contributed by atoms with E-state index in [9.17, 15) is 14.4 Å². The van der Waals surface area contributed by atoms with Crippen LogP contribution >= 0.6 is 0 Å². The molecule has 2 heterocycles. The number of nitrogens with one attached hydrogen (secondary N) is 1. The average Bonchev–Trinajstić information content (AvgIpc) is 3.12. The van der Waals surface area contributed by atoms with Crippen molar-refractivity contribution < 1.29 is 27.8 Å². The molecule has 3 atom stereocenters. The van der Waals surface area contributed by atoms with Gasteiger partial charge in [-0.2, -0.15) is 13.8 Å². The number of azide groups is 1. The summed E-state index contributed by atoms with van der Waals surface area (Å²) in [6.07, 6.45) is -4.98. The number of hydrogen-bond acceptors (Lipinski definition) is 7. The SMILES string of the molecule is Cc1cc(C)c(C(=O)O[C@@H]2[C@@H](CN=[N+]=[N-])O[C@H](n3ccc(NC(=O)c4ccccc4)nc3=O)C2(F)F)c(C)c1. The van der Waals surface area contributed by atoms with E-state index in [1.165, 1.54) is 0 Å². The summed E-state index contributed by atoms with van der Waals surface area (Å²) in [5.41, 5.74) is 9.96. The number of benzene rings is 2. The van der Waals surface area contributed by atoms with Crippen molar-refractivity contribution >= 4 is 17.7 Å². The van der Waals surface area contributed by atoms with Gasteiger partial charge in [0.25, 0.3) is 5.91 Å². The molecule has 1 N–H and O–H groups in total. The molecule has 0 unspecified atom stereocenters. The second-order valence-corrected chi connectivity index (χ2v) is 9.04. The maximum atomic E-state index is 15.7. The van der Waals surface area contributed by atoms with E-state index in [1.807, 2.05) is 6.92 Å². The smallest absolute Gasteiger partial charge is 0.351 e. The van der Waals surface area contributed by atoms with Crippen molar-refractivity contribution in [3.05, 3.63) is 103 Å². The fourth-order valence-corrected chi connectivity index (χ4v) is 4.49. The van der Waals surface area contributed by atoms with Gasteiger partial charge in [0.2, 0.25) is 6.23 Å². The highest BCUT2D eigenvalue weighted by atomic mass is 19.3. The number of amides is 1. The molecule has 0 saturated carbocycles. The number of aryl methyl sites for hydroxylation is 3. The molecule has 1 amide bonds. The van der Waals surface area contributed by atoms with Gasteiger partial charge in [-0.3, -0.25) is 9.36 Å². The first kappa shape index (κ1) is 27.4. The Labute approximate surface area is 221 Å². The molecule has 1 saturated heterocycles. The number of halogens is 2. The first-order chi connectivity index (χ1) is 18.5. The molecule has 1 fully saturated rings. The van der Waals surface area contributed by atoms with E-state index in [4.69, 9.17) is 15.0 Å². The van der Waals surface area contributed by atoms with Crippen molar-refractivity contribution in [1.29, 1.82) is 0 Å². The quantitative estimate of drug-likeness (QED) is 0.203. The van der Waals surface area contributed by atoms with E-state index in [-0.39, 0.29) is 11.4 Å². The molecule has 0 bridgehead atoms. The van der Waals surface area contributed by atoms with Gasteiger partial charge < -0.3 is 14.8 Å². The number of esters is 1. The van der Waals surface area contributed by atoms with Gasteiger partial charge in [-0.1, -0.05) is 41.0 Å². The Morgan fingerprint density at radius 3 is 2.46 bits per heavy atom. The first-order valence-electron chi connectivity index (χ1n) is 11.8. The maximum absolute atomic E-state index is 15.7. The van der Waals surface area contributed by atoms with Gasteiger partial charge in [0.15, 0.2) is 6.10 Å². The van der Waals surface area contributed by atoms with Crippen LogP contribution in [0.1, 0.15) is 43.6 Å². The minimum absolute atomic E-state index is 0.125. The Balaban J connectivity index is 1.61. The largest absolute Gasteiger partial charge is 0.449 e. The van der Waals surface area contributed by atoms with Gasteiger partial charge >= 0.3 is 17.6 Å². The number of ether oxygens (including phenoxy) is 2. The van der Waals surface area contributed by atoms with Crippen molar-refractivity contribution in [1.82, 2.24) is 9.55 Å². The number of nitrogens with zero attached hydrogens (tertiary/aromatic N) is 5. The molecule has 3 aromatic rings. The van der Waals surface area contributed by atoms with E-state index in [0.29, 0.717) is 21.3 Å². The number of carbonyl (C=O) groups is 2. The Kier molecular flexibility index (Phi) is 7.75. The molecule has 0 spiro atoms. The van der Waals surface area contributed by atoms with Crippen molar-refractivity contribution in [2.24, 2.45) is 5.11 Å². The zero-order valence-corrected chi connectivity index (χ0v) is 21.2. The summed E-state index contributed by atoms with van der Waals surface area (Å²) in [5.74, 6) is -5.64. The van der Waals surface area contributed by atoms with Crippen LogP contribution in [-0.2, 0) is 9.47 Å². The third-order valence-electron chi connectivity index (χ3n) is 6.15. The van der Waals surface area contributed by atoms with Crippen molar-refractivity contribution in [2.45, 2.75) is 45.1 Å². The summed E-state index contributed by atoms with van der Waals surface area (Å²) in [6, 6.07) is 12.7. The summed E-state index contributed by atoms with van der Waals surface area (Å²) in [5, 5.41) is 5.73. The third kappa shape index (κ3) is 5.64. The summed E-state index contributed by atoms with van der Waals surface area (Å²) >= 11 is 0. The van der Waals surface area contributed by atoms with Crippen molar-refractivity contribution in [3.63, 3.8) is 0 Å². The number of anilines is 1. The molecule has 4 rings (SSSR count). The topological polar surface area (TPSA) is 148 Å². The van der Waals surface area contributed by atoms with Crippen LogP contribution in [0.15, 0.2) is 64.6 Å². The molecule has 13 heteroatoms. The van der Waals surface area contributed by atoms with Crippen LogP contribution in [0.2, 0.25) is 0 Å². The first-order valence-corrected chi connectivity index (χ1v) is 11.8. The number of rotatable bonds is 7. The van der Waals surface area contributed by atoms with Gasteiger partial charge in [0.1, 0.15) is 11.9 Å². The summed E-state index contributed by atoms with van der Waals surface area (Å²) in [7, 11) is 0. The fraction of sp³-hybridized carbons (Fsp3) is 0.308. The zero-order chi connectivity index (χ0) is 28.3. The lowest BCUT2D eigenvalue weighted by Crippen LogP contribution is -2.44. The van der Waals surface area contributed by atoms with Crippen molar-refractivity contribution in [3.8, 4) is 0 Å². The second kappa shape index (κ2) is 11.0. The number of aromatic nitrogens is 2. The highest BCUT2D eigenvalue weighted by Crippen LogP contribution is 2.44. The summed E-state index contributed by atoms with van der Waals surface area (Å²) in [4.78, 5) is 44.3. The fourth-order valence-electron chi connectivity index (χ4n) is 4.49. The molecular weight excluding hydrogens is 514 g/mol. The highest BCUT2D eigenvalue weighted by Gasteiger charge is 2.62. The van der Waals surface area contributed by atoms with Crippen LogP contribution in [-0.4, -0.2) is 46.1 Å². The van der Waals surface area contributed by atoms with Crippen LogP contribution in [0.3, 0.4) is 0 Å². The molecule has 1 aliphatic rings. The van der Waals surface area contributed by atoms with Gasteiger partial charge in [0, 0.05) is 16.7 Å². The lowest BCUT2D eigenvalue weighted by Gasteiger charge is -2.24. The normalized spacial score (nSPS) is 19.7.